The highest BCUT2D eigenvalue weighted by molar-refractivity contribution is 5.96. The van der Waals surface area contributed by atoms with Crippen LogP contribution in [0.1, 0.15) is 32.6 Å². The Bertz CT molecular complexity index is 565. The highest BCUT2D eigenvalue weighted by atomic mass is 19.1. The molecule has 1 saturated carbocycles. The number of hydrogen-bond donors (Lipinski definition) is 3. The molecule has 2 amide bonds. The highest BCUT2D eigenvalue weighted by Gasteiger charge is 2.61. The van der Waals surface area contributed by atoms with Crippen molar-refractivity contribution in [1.82, 2.24) is 20.9 Å². The number of hydrogen-bond acceptors (Lipinski definition) is 4. The second-order valence-corrected chi connectivity index (χ2v) is 6.82. The molecule has 25 heavy (non-hydrogen) atoms. The summed E-state index contributed by atoms with van der Waals surface area (Å²) < 4.78 is 13.0. The molecule has 2 unspecified atom stereocenters. The summed E-state index contributed by atoms with van der Waals surface area (Å²) in [5.41, 5.74) is 0.646. The molecule has 0 aromatic rings. The Morgan fingerprint density at radius 2 is 2.08 bits per heavy atom. The van der Waals surface area contributed by atoms with E-state index in [1.165, 1.54) is 7.05 Å². The first-order valence-corrected chi connectivity index (χ1v) is 8.85. The molecule has 2 rings (SSSR count). The lowest BCUT2D eigenvalue weighted by atomic mass is 10.1. The van der Waals surface area contributed by atoms with Gasteiger partial charge < -0.3 is 20.9 Å². The van der Waals surface area contributed by atoms with Gasteiger partial charge in [-0.05, 0) is 25.7 Å². The Hall–Kier alpha value is -2.05. The lowest BCUT2D eigenvalue weighted by Crippen LogP contribution is -2.54. The predicted molar refractivity (Wildman–Crippen MR) is 95.3 cm³/mol. The molecule has 2 fully saturated rings. The number of amides is 2. The van der Waals surface area contributed by atoms with Gasteiger partial charge in [0, 0.05) is 30.9 Å². The minimum absolute atomic E-state index is 0.229. The zero-order valence-corrected chi connectivity index (χ0v) is 15.2. The van der Waals surface area contributed by atoms with E-state index in [9.17, 15) is 14.0 Å². The summed E-state index contributed by atoms with van der Waals surface area (Å²) in [4.78, 5) is 26.8. The number of allylic oxidation sites excluding steroid dienone is 1. The molecule has 0 radical (unpaired) electrons. The van der Waals surface area contributed by atoms with Crippen LogP contribution in [0.3, 0.4) is 0 Å². The number of rotatable bonds is 9. The van der Waals surface area contributed by atoms with Gasteiger partial charge in [0.25, 0.3) is 0 Å². The average molecular weight is 352 g/mol. The van der Waals surface area contributed by atoms with Gasteiger partial charge in [-0.1, -0.05) is 20.1 Å². The maximum absolute atomic E-state index is 13.0. The van der Waals surface area contributed by atoms with Gasteiger partial charge in [0.2, 0.25) is 11.8 Å². The third-order valence-corrected chi connectivity index (χ3v) is 5.20. The number of likely N-dealkylation sites (tertiary alicyclic amines) is 1. The number of halogens is 1. The van der Waals surface area contributed by atoms with Crippen LogP contribution in [0, 0.1) is 5.92 Å². The molecule has 3 atom stereocenters. The topological polar surface area (TPSA) is 73.5 Å². The van der Waals surface area contributed by atoms with E-state index >= 15 is 0 Å². The SMILES string of the molecule is C=C(CC)NCC(=C)N1CCC[C@H]1C(=O)NC1(C(=O)NC)CC1CF. The second-order valence-electron chi connectivity index (χ2n) is 6.82. The molecule has 3 N–H and O–H groups in total. The van der Waals surface area contributed by atoms with Gasteiger partial charge in [-0.15, -0.1) is 0 Å². The Morgan fingerprint density at radius 1 is 1.36 bits per heavy atom. The van der Waals surface area contributed by atoms with Crippen molar-refractivity contribution in [2.45, 2.75) is 44.2 Å². The molecule has 7 heteroatoms. The molecule has 1 heterocycles. The van der Waals surface area contributed by atoms with E-state index in [1.54, 1.807) is 0 Å². The monoisotopic (exact) mass is 352 g/mol. The van der Waals surface area contributed by atoms with Crippen LogP contribution in [-0.4, -0.2) is 55.1 Å². The minimum Gasteiger partial charge on any atom is -0.383 e. The largest absolute Gasteiger partial charge is 0.383 e. The predicted octanol–water partition coefficient (Wildman–Crippen LogP) is 1.07. The summed E-state index contributed by atoms with van der Waals surface area (Å²) in [6.07, 6.45) is 2.76. The fourth-order valence-electron chi connectivity index (χ4n) is 3.40. The van der Waals surface area contributed by atoms with E-state index in [4.69, 9.17) is 0 Å². The lowest BCUT2D eigenvalue weighted by molar-refractivity contribution is -0.132. The van der Waals surface area contributed by atoms with Crippen molar-refractivity contribution < 1.29 is 14.0 Å². The number of nitrogens with one attached hydrogen (secondary N) is 3. The molecule has 140 valence electrons. The van der Waals surface area contributed by atoms with Crippen LogP contribution in [-0.2, 0) is 9.59 Å². The van der Waals surface area contributed by atoms with Gasteiger partial charge in [-0.25, -0.2) is 0 Å². The fraction of sp³-hybridized carbons (Fsp3) is 0.667. The molecule has 0 bridgehead atoms. The highest BCUT2D eigenvalue weighted by Crippen LogP contribution is 2.44. The Kier molecular flexibility index (Phi) is 6.08. The van der Waals surface area contributed by atoms with Crippen LogP contribution in [0.25, 0.3) is 0 Å². The molecule has 6 nitrogen and oxygen atoms in total. The Balaban J connectivity index is 1.99. The van der Waals surface area contributed by atoms with E-state index in [-0.39, 0.29) is 17.9 Å². The first-order valence-electron chi connectivity index (χ1n) is 8.85. The van der Waals surface area contributed by atoms with E-state index in [0.717, 1.165) is 30.8 Å². The molecule has 0 aromatic heterocycles. The van der Waals surface area contributed by atoms with Crippen LogP contribution < -0.4 is 16.0 Å². The Labute approximate surface area is 148 Å². The first-order chi connectivity index (χ1) is 11.9. The molecule has 1 aliphatic carbocycles. The molecular formula is C18H29FN4O2. The molecule has 1 saturated heterocycles. The molecule has 0 spiro atoms. The van der Waals surface area contributed by atoms with Crippen molar-refractivity contribution in [1.29, 1.82) is 0 Å². The van der Waals surface area contributed by atoms with Crippen molar-refractivity contribution in [3.05, 3.63) is 24.6 Å². The van der Waals surface area contributed by atoms with E-state index in [1.807, 2.05) is 11.8 Å². The van der Waals surface area contributed by atoms with Crippen molar-refractivity contribution in [2.24, 2.45) is 5.92 Å². The summed E-state index contributed by atoms with van der Waals surface area (Å²) >= 11 is 0. The van der Waals surface area contributed by atoms with Gasteiger partial charge >= 0.3 is 0 Å². The van der Waals surface area contributed by atoms with Gasteiger partial charge in [0.15, 0.2) is 0 Å². The summed E-state index contributed by atoms with van der Waals surface area (Å²) in [6, 6.07) is -0.369. The first kappa shape index (κ1) is 19.3. The smallest absolute Gasteiger partial charge is 0.245 e. The molecule has 2 aliphatic rings. The van der Waals surface area contributed by atoms with Crippen molar-refractivity contribution >= 4 is 11.8 Å². The number of carbonyl (C=O) groups is 2. The zero-order valence-electron chi connectivity index (χ0n) is 15.2. The third-order valence-electron chi connectivity index (χ3n) is 5.20. The van der Waals surface area contributed by atoms with Crippen molar-refractivity contribution in [3.8, 4) is 0 Å². The summed E-state index contributed by atoms with van der Waals surface area (Å²) in [7, 11) is 1.50. The molecular weight excluding hydrogens is 323 g/mol. The van der Waals surface area contributed by atoms with E-state index < -0.39 is 18.1 Å². The second kappa shape index (κ2) is 7.89. The summed E-state index contributed by atoms with van der Waals surface area (Å²) in [5, 5.41) is 8.53. The van der Waals surface area contributed by atoms with Gasteiger partial charge in [-0.3, -0.25) is 14.0 Å². The van der Waals surface area contributed by atoms with E-state index in [2.05, 4.69) is 29.1 Å². The van der Waals surface area contributed by atoms with Crippen molar-refractivity contribution in [2.75, 3.05) is 26.8 Å². The summed E-state index contributed by atoms with van der Waals surface area (Å²) in [6.45, 7) is 10.7. The van der Waals surface area contributed by atoms with Crippen LogP contribution in [0.15, 0.2) is 24.6 Å². The van der Waals surface area contributed by atoms with E-state index in [0.29, 0.717) is 19.4 Å². The van der Waals surface area contributed by atoms with Crippen LogP contribution in [0.2, 0.25) is 0 Å². The maximum Gasteiger partial charge on any atom is 0.245 e. The summed E-state index contributed by atoms with van der Waals surface area (Å²) in [5.74, 6) is -0.996. The number of alkyl halides is 1. The number of likely N-dealkylation sites (N-methyl/N-ethyl adjacent to an activating group) is 1. The fourth-order valence-corrected chi connectivity index (χ4v) is 3.40. The molecule has 1 aliphatic heterocycles. The van der Waals surface area contributed by atoms with Crippen LogP contribution in [0.5, 0.6) is 0 Å². The van der Waals surface area contributed by atoms with Crippen LogP contribution in [0.4, 0.5) is 4.39 Å². The lowest BCUT2D eigenvalue weighted by Gasteiger charge is -2.30. The minimum atomic E-state index is -1.09. The van der Waals surface area contributed by atoms with Gasteiger partial charge in [-0.2, -0.15) is 0 Å². The Morgan fingerprint density at radius 3 is 2.64 bits per heavy atom. The zero-order chi connectivity index (χ0) is 18.6. The van der Waals surface area contributed by atoms with Gasteiger partial charge in [0.1, 0.15) is 11.6 Å². The standard InChI is InChI=1S/C18H29FN4O2/c1-5-12(2)21-11-13(3)23-8-6-7-15(23)16(24)22-18(17(25)20-4)9-14(18)10-19/h14-15,21H,2-3,5-11H2,1,4H3,(H,20,25)(H,22,24)/t14?,15-,18?/m0/s1. The maximum atomic E-state index is 13.0. The average Bonchev–Trinajstić information content (AvgIpc) is 3.10. The normalized spacial score (nSPS) is 27.6. The number of carbonyl (C=O) groups excluding carboxylic acids is 2. The van der Waals surface area contributed by atoms with Crippen LogP contribution >= 0.6 is 0 Å². The van der Waals surface area contributed by atoms with Crippen molar-refractivity contribution in [3.63, 3.8) is 0 Å². The third kappa shape index (κ3) is 3.96. The quantitative estimate of drug-likeness (QED) is 0.580. The van der Waals surface area contributed by atoms with Gasteiger partial charge in [0.05, 0.1) is 13.2 Å². The number of nitrogens with zero attached hydrogens (tertiary/aromatic N) is 1. The molecule has 0 aromatic carbocycles.